The molecular formula is C23H17FN2O4. The van der Waals surface area contributed by atoms with Crippen LogP contribution in [-0.4, -0.2) is 30.7 Å². The predicted octanol–water partition coefficient (Wildman–Crippen LogP) is 3.22. The third-order valence-corrected chi connectivity index (χ3v) is 5.92. The lowest BCUT2D eigenvalue weighted by molar-refractivity contribution is -0.122. The molecule has 150 valence electrons. The Labute approximate surface area is 171 Å². The molecule has 7 heteroatoms. The van der Waals surface area contributed by atoms with Crippen molar-refractivity contribution in [2.75, 3.05) is 24.7 Å². The van der Waals surface area contributed by atoms with Crippen LogP contribution in [0.15, 0.2) is 54.9 Å². The SMILES string of the molecule is O=C1N(Cc2cncc(F)c2)c2ccccc2C12COc1cc3c(cc12)OCCO3. The molecule has 0 aliphatic carbocycles. The summed E-state index contributed by atoms with van der Waals surface area (Å²) in [4.78, 5) is 19.5. The van der Waals surface area contributed by atoms with Crippen molar-refractivity contribution < 1.29 is 23.4 Å². The van der Waals surface area contributed by atoms with Crippen LogP contribution in [0.5, 0.6) is 17.2 Å². The second-order valence-corrected chi connectivity index (χ2v) is 7.61. The van der Waals surface area contributed by atoms with Crippen LogP contribution in [0.25, 0.3) is 0 Å². The zero-order valence-corrected chi connectivity index (χ0v) is 15.9. The van der Waals surface area contributed by atoms with E-state index in [4.69, 9.17) is 14.2 Å². The van der Waals surface area contributed by atoms with E-state index in [0.29, 0.717) is 36.0 Å². The molecule has 3 aliphatic heterocycles. The Bertz CT molecular complexity index is 1200. The fourth-order valence-corrected chi connectivity index (χ4v) is 4.59. The number of nitrogens with zero attached hydrogens (tertiary/aromatic N) is 2. The highest BCUT2D eigenvalue weighted by Crippen LogP contribution is 2.54. The van der Waals surface area contributed by atoms with E-state index in [0.717, 1.165) is 23.0 Å². The van der Waals surface area contributed by atoms with Gasteiger partial charge in [0.25, 0.3) is 0 Å². The maximum Gasteiger partial charge on any atom is 0.246 e. The first-order valence-corrected chi connectivity index (χ1v) is 9.75. The molecule has 1 aromatic heterocycles. The van der Waals surface area contributed by atoms with E-state index in [1.165, 1.54) is 6.07 Å². The Morgan fingerprint density at radius 3 is 2.60 bits per heavy atom. The number of amides is 1. The molecule has 4 heterocycles. The molecule has 0 bridgehead atoms. The molecule has 1 spiro atoms. The van der Waals surface area contributed by atoms with Crippen molar-refractivity contribution in [1.29, 1.82) is 0 Å². The maximum atomic E-state index is 13.9. The number of aromatic nitrogens is 1. The lowest BCUT2D eigenvalue weighted by Gasteiger charge is -2.24. The molecular weight excluding hydrogens is 387 g/mol. The van der Waals surface area contributed by atoms with Crippen LogP contribution in [0.1, 0.15) is 16.7 Å². The Hall–Kier alpha value is -3.61. The zero-order chi connectivity index (χ0) is 20.3. The minimum absolute atomic E-state index is 0.108. The average Bonchev–Trinajstić information content (AvgIpc) is 3.25. The number of anilines is 1. The van der Waals surface area contributed by atoms with Gasteiger partial charge in [-0.2, -0.15) is 0 Å². The van der Waals surface area contributed by atoms with E-state index >= 15 is 0 Å². The molecule has 6 rings (SSSR count). The molecule has 3 aromatic rings. The van der Waals surface area contributed by atoms with Crippen LogP contribution in [-0.2, 0) is 16.8 Å². The smallest absolute Gasteiger partial charge is 0.246 e. The number of hydrogen-bond donors (Lipinski definition) is 0. The molecule has 1 unspecified atom stereocenters. The summed E-state index contributed by atoms with van der Waals surface area (Å²) in [5, 5.41) is 0. The van der Waals surface area contributed by atoms with Gasteiger partial charge in [-0.3, -0.25) is 9.78 Å². The summed E-state index contributed by atoms with van der Waals surface area (Å²) < 4.78 is 31.1. The monoisotopic (exact) mass is 404 g/mol. The predicted molar refractivity (Wildman–Crippen MR) is 106 cm³/mol. The molecule has 0 saturated heterocycles. The summed E-state index contributed by atoms with van der Waals surface area (Å²) in [7, 11) is 0. The van der Waals surface area contributed by atoms with E-state index < -0.39 is 11.2 Å². The fourth-order valence-electron chi connectivity index (χ4n) is 4.59. The van der Waals surface area contributed by atoms with Gasteiger partial charge in [0.15, 0.2) is 11.5 Å². The number of carbonyl (C=O) groups excluding carboxylic acids is 1. The van der Waals surface area contributed by atoms with E-state index in [2.05, 4.69) is 4.98 Å². The van der Waals surface area contributed by atoms with Gasteiger partial charge in [0, 0.05) is 23.5 Å². The Kier molecular flexibility index (Phi) is 3.56. The van der Waals surface area contributed by atoms with Crippen LogP contribution in [0.2, 0.25) is 0 Å². The van der Waals surface area contributed by atoms with Gasteiger partial charge in [-0.05, 0) is 29.3 Å². The van der Waals surface area contributed by atoms with E-state index in [1.54, 1.807) is 17.2 Å². The van der Waals surface area contributed by atoms with E-state index in [1.807, 2.05) is 30.3 Å². The summed E-state index contributed by atoms with van der Waals surface area (Å²) in [6, 6.07) is 12.7. The van der Waals surface area contributed by atoms with Crippen LogP contribution in [0.4, 0.5) is 10.1 Å². The summed E-state index contributed by atoms with van der Waals surface area (Å²) in [5.41, 5.74) is 2.08. The lowest BCUT2D eigenvalue weighted by atomic mass is 9.77. The number of ether oxygens (including phenoxy) is 3. The van der Waals surface area contributed by atoms with Gasteiger partial charge < -0.3 is 19.1 Å². The summed E-state index contributed by atoms with van der Waals surface area (Å²) in [5.74, 6) is 1.32. The van der Waals surface area contributed by atoms with Crippen LogP contribution in [0, 0.1) is 5.82 Å². The topological polar surface area (TPSA) is 60.9 Å². The third-order valence-electron chi connectivity index (χ3n) is 5.92. The quantitative estimate of drug-likeness (QED) is 0.657. The van der Waals surface area contributed by atoms with Crippen LogP contribution in [0.3, 0.4) is 0 Å². The van der Waals surface area contributed by atoms with Gasteiger partial charge in [0.1, 0.15) is 36.8 Å². The van der Waals surface area contributed by atoms with Crippen molar-refractivity contribution in [1.82, 2.24) is 4.98 Å². The summed E-state index contributed by atoms with van der Waals surface area (Å²) >= 11 is 0. The number of para-hydroxylation sites is 1. The molecule has 0 fully saturated rings. The van der Waals surface area contributed by atoms with Crippen LogP contribution < -0.4 is 19.1 Å². The average molecular weight is 404 g/mol. The van der Waals surface area contributed by atoms with Gasteiger partial charge in [-0.15, -0.1) is 0 Å². The fraction of sp³-hybridized carbons (Fsp3) is 0.217. The minimum atomic E-state index is -0.970. The maximum absolute atomic E-state index is 13.9. The normalized spacial score (nSPS) is 20.8. The second-order valence-electron chi connectivity index (χ2n) is 7.61. The van der Waals surface area contributed by atoms with Crippen molar-refractivity contribution in [2.24, 2.45) is 0 Å². The van der Waals surface area contributed by atoms with Gasteiger partial charge in [-0.1, -0.05) is 18.2 Å². The Balaban J connectivity index is 1.49. The van der Waals surface area contributed by atoms with Gasteiger partial charge >= 0.3 is 0 Å². The van der Waals surface area contributed by atoms with Crippen molar-refractivity contribution in [3.8, 4) is 17.2 Å². The first-order valence-electron chi connectivity index (χ1n) is 9.75. The Morgan fingerprint density at radius 1 is 0.967 bits per heavy atom. The van der Waals surface area contributed by atoms with Gasteiger partial charge in [-0.25, -0.2) is 4.39 Å². The molecule has 30 heavy (non-hydrogen) atoms. The second kappa shape index (κ2) is 6.19. The lowest BCUT2D eigenvalue weighted by Crippen LogP contribution is -2.42. The molecule has 0 radical (unpaired) electrons. The van der Waals surface area contributed by atoms with Gasteiger partial charge in [0.05, 0.1) is 12.7 Å². The number of benzene rings is 2. The molecule has 1 amide bonds. The standard InChI is InChI=1S/C23H17FN2O4/c24-15-7-14(10-25-11-15)12-26-18-4-2-1-3-16(18)23(22(26)27)13-30-19-9-21-20(8-17(19)23)28-5-6-29-21/h1-4,7-11H,5-6,12-13H2. The molecule has 0 N–H and O–H groups in total. The van der Waals surface area contributed by atoms with E-state index in [9.17, 15) is 9.18 Å². The first kappa shape index (κ1) is 17.3. The highest BCUT2D eigenvalue weighted by Gasteiger charge is 2.57. The largest absolute Gasteiger partial charge is 0.491 e. The number of hydrogen-bond acceptors (Lipinski definition) is 5. The van der Waals surface area contributed by atoms with E-state index in [-0.39, 0.29) is 19.1 Å². The Morgan fingerprint density at radius 2 is 1.77 bits per heavy atom. The highest BCUT2D eigenvalue weighted by atomic mass is 19.1. The van der Waals surface area contributed by atoms with Crippen molar-refractivity contribution in [3.63, 3.8) is 0 Å². The van der Waals surface area contributed by atoms with Crippen LogP contribution >= 0.6 is 0 Å². The first-order chi connectivity index (χ1) is 14.7. The number of halogens is 1. The number of pyridine rings is 1. The molecule has 6 nitrogen and oxygen atoms in total. The zero-order valence-electron chi connectivity index (χ0n) is 15.9. The summed E-state index contributed by atoms with van der Waals surface area (Å²) in [6.45, 7) is 1.36. The minimum Gasteiger partial charge on any atom is -0.491 e. The molecule has 1 atom stereocenters. The highest BCUT2D eigenvalue weighted by molar-refractivity contribution is 6.11. The van der Waals surface area contributed by atoms with Crippen molar-refractivity contribution in [2.45, 2.75) is 12.0 Å². The van der Waals surface area contributed by atoms with Crippen molar-refractivity contribution >= 4 is 11.6 Å². The van der Waals surface area contributed by atoms with Crippen molar-refractivity contribution in [3.05, 3.63) is 77.4 Å². The van der Waals surface area contributed by atoms with Gasteiger partial charge in [0.2, 0.25) is 5.91 Å². The molecule has 2 aromatic carbocycles. The number of fused-ring (bicyclic) bond motifs is 5. The number of rotatable bonds is 2. The number of carbonyl (C=O) groups is 1. The molecule has 0 saturated carbocycles. The molecule has 3 aliphatic rings. The third kappa shape index (κ3) is 2.29. The summed E-state index contributed by atoms with van der Waals surface area (Å²) in [6.07, 6.45) is 2.72.